The number of nitrogens with one attached hydrogen (secondary N) is 3. The van der Waals surface area contributed by atoms with E-state index in [1.165, 1.54) is 29.1 Å². The quantitative estimate of drug-likeness (QED) is 0.176. The van der Waals surface area contributed by atoms with Crippen LogP contribution in [-0.4, -0.2) is 114 Å². The first-order valence-electron chi connectivity index (χ1n) is 14.6. The number of carboxylic acid groups (broad SMARTS) is 1. The highest BCUT2D eigenvalue weighted by Gasteiger charge is 2.39. The summed E-state index contributed by atoms with van der Waals surface area (Å²) in [5, 5.41) is 38.4. The van der Waals surface area contributed by atoms with Gasteiger partial charge in [0.1, 0.15) is 12.1 Å². The number of alkyl halides is 3. The second-order valence-electron chi connectivity index (χ2n) is 11.0. The van der Waals surface area contributed by atoms with E-state index < -0.39 is 17.5 Å². The van der Waals surface area contributed by atoms with Gasteiger partial charge < -0.3 is 36.0 Å². The van der Waals surface area contributed by atoms with Crippen molar-refractivity contribution in [3.05, 3.63) is 59.3 Å². The molecule has 5 heterocycles. The number of imidazole rings is 1. The van der Waals surface area contributed by atoms with Gasteiger partial charge in [0, 0.05) is 63.5 Å². The number of aromatic nitrogens is 5. The first-order chi connectivity index (χ1) is 23.4. The van der Waals surface area contributed by atoms with Crippen LogP contribution in [0, 0.1) is 11.3 Å². The molecule has 0 unspecified atom stereocenters. The van der Waals surface area contributed by atoms with Crippen molar-refractivity contribution >= 4 is 47.2 Å². The topological polar surface area (TPSA) is 206 Å². The van der Waals surface area contributed by atoms with Crippen molar-refractivity contribution in [3.63, 3.8) is 0 Å². The molecule has 49 heavy (non-hydrogen) atoms. The van der Waals surface area contributed by atoms with Crippen LogP contribution in [0.25, 0.3) is 16.9 Å². The number of anilines is 2. The van der Waals surface area contributed by atoms with E-state index in [0.717, 1.165) is 10.9 Å². The number of halogens is 4. The molecule has 2 saturated heterocycles. The minimum atomic E-state index is -4.76. The number of carbonyl (C=O) groups is 3. The van der Waals surface area contributed by atoms with Crippen molar-refractivity contribution < 1.29 is 37.8 Å². The highest BCUT2D eigenvalue weighted by molar-refractivity contribution is 6.34. The fourth-order valence-electron chi connectivity index (χ4n) is 5.25. The molecular formula is C29H29ClF3N11O5. The zero-order valence-corrected chi connectivity index (χ0v) is 26.2. The van der Waals surface area contributed by atoms with Gasteiger partial charge in [-0.1, -0.05) is 11.6 Å². The Labute approximate surface area is 280 Å². The maximum absolute atomic E-state index is 13.8. The molecule has 0 saturated carbocycles. The molecule has 4 aromatic rings. The molecule has 20 heteroatoms. The summed E-state index contributed by atoms with van der Waals surface area (Å²) in [6.45, 7) is 1.62. The Morgan fingerprint density at radius 1 is 1.16 bits per heavy atom. The van der Waals surface area contributed by atoms with E-state index in [1.807, 2.05) is 0 Å². The summed E-state index contributed by atoms with van der Waals surface area (Å²) in [5.74, 6) is -0.0843. The Hall–Kier alpha value is -5.45. The maximum atomic E-state index is 13.8. The number of hydrogen-bond donors (Lipinski definition) is 5. The summed E-state index contributed by atoms with van der Waals surface area (Å²) in [7, 11) is 0. The molecular weight excluding hydrogens is 675 g/mol. The molecule has 3 amide bonds. The number of hydrogen-bond acceptors (Lipinski definition) is 10. The summed E-state index contributed by atoms with van der Waals surface area (Å²) in [6, 6.07) is 6.17. The monoisotopic (exact) mass is 703 g/mol. The Kier molecular flexibility index (Phi) is 10.2. The summed E-state index contributed by atoms with van der Waals surface area (Å²) in [4.78, 5) is 45.8. The number of amides is 3. The molecule has 3 aromatic heterocycles. The number of benzene rings is 1. The fraction of sp³-hybridized carbons (Fsp3) is 0.345. The van der Waals surface area contributed by atoms with Crippen LogP contribution in [0.15, 0.2) is 43.0 Å². The van der Waals surface area contributed by atoms with Crippen LogP contribution in [-0.2, 0) is 17.5 Å². The van der Waals surface area contributed by atoms with Crippen LogP contribution < -0.4 is 16.0 Å². The minimum Gasteiger partial charge on any atom is -0.483 e. The predicted octanol–water partition coefficient (Wildman–Crippen LogP) is 2.03. The van der Waals surface area contributed by atoms with E-state index in [2.05, 4.69) is 31.0 Å². The van der Waals surface area contributed by atoms with E-state index in [0.29, 0.717) is 45.0 Å². The average molecular weight is 704 g/mol. The summed E-state index contributed by atoms with van der Waals surface area (Å²) >= 11 is 6.51. The third-order valence-electron chi connectivity index (χ3n) is 7.76. The molecule has 1 aromatic carbocycles. The molecule has 0 aliphatic carbocycles. The summed E-state index contributed by atoms with van der Waals surface area (Å²) in [5.41, 5.74) is -1.29. The van der Waals surface area contributed by atoms with E-state index in [1.54, 1.807) is 28.0 Å². The number of carbonyl (C=O) groups excluding carboxylic acids is 2. The first kappa shape index (κ1) is 34.9. The van der Waals surface area contributed by atoms with E-state index >= 15 is 0 Å². The van der Waals surface area contributed by atoms with E-state index in [4.69, 9.17) is 26.8 Å². The second kappa shape index (κ2) is 14.3. The Morgan fingerprint density at radius 3 is 2.47 bits per heavy atom. The summed E-state index contributed by atoms with van der Waals surface area (Å²) in [6.07, 6.45) is 0.492. The normalized spacial score (nSPS) is 15.4. The largest absolute Gasteiger partial charge is 0.483 e. The van der Waals surface area contributed by atoms with Gasteiger partial charge in [-0.3, -0.25) is 18.7 Å². The number of rotatable bonds is 7. The third kappa shape index (κ3) is 7.66. The minimum absolute atomic E-state index is 0.0986. The molecule has 0 atom stereocenters. The van der Waals surface area contributed by atoms with Crippen LogP contribution in [0.3, 0.4) is 0 Å². The predicted molar refractivity (Wildman–Crippen MR) is 167 cm³/mol. The number of fused-ring (bicyclic) bond motifs is 1. The lowest BCUT2D eigenvalue weighted by Crippen LogP contribution is -2.65. The van der Waals surface area contributed by atoms with Crippen LogP contribution in [0.4, 0.5) is 29.5 Å². The van der Waals surface area contributed by atoms with Gasteiger partial charge in [0.05, 0.1) is 40.7 Å². The smallest absolute Gasteiger partial charge is 0.435 e. The van der Waals surface area contributed by atoms with Crippen molar-refractivity contribution in [2.75, 3.05) is 51.1 Å². The molecule has 2 fully saturated rings. The summed E-state index contributed by atoms with van der Waals surface area (Å²) < 4.78 is 43.6. The number of nitriles is 1. The van der Waals surface area contributed by atoms with Gasteiger partial charge in [-0.05, 0) is 18.2 Å². The lowest BCUT2D eigenvalue weighted by Gasteiger charge is -2.39. The van der Waals surface area contributed by atoms with Gasteiger partial charge in [-0.15, -0.1) is 0 Å². The Bertz CT molecular complexity index is 1900. The Balaban J connectivity index is 0.00000151. The molecule has 6 rings (SSSR count). The van der Waals surface area contributed by atoms with Gasteiger partial charge in [0.15, 0.2) is 17.2 Å². The number of aliphatic hydroxyl groups is 1. The zero-order valence-electron chi connectivity index (χ0n) is 25.5. The molecule has 16 nitrogen and oxygen atoms in total. The van der Waals surface area contributed by atoms with Crippen molar-refractivity contribution in [1.82, 2.24) is 44.6 Å². The Morgan fingerprint density at radius 2 is 1.86 bits per heavy atom. The fourth-order valence-corrected chi connectivity index (χ4v) is 5.52. The van der Waals surface area contributed by atoms with Gasteiger partial charge in [0.25, 0.3) is 12.4 Å². The van der Waals surface area contributed by atoms with Crippen molar-refractivity contribution in [1.29, 1.82) is 5.26 Å². The molecule has 2 aliphatic rings. The number of piperazine rings is 1. The van der Waals surface area contributed by atoms with Crippen LogP contribution in [0.2, 0.25) is 5.02 Å². The molecule has 0 radical (unpaired) electrons. The number of β-amino-alcohol motifs (C(OH)–C–C–N with tert-alkyl or cyclic N) is 1. The van der Waals surface area contributed by atoms with Crippen LogP contribution in [0.1, 0.15) is 16.1 Å². The van der Waals surface area contributed by atoms with Gasteiger partial charge in [-0.25, -0.2) is 14.8 Å². The van der Waals surface area contributed by atoms with Gasteiger partial charge in [0.2, 0.25) is 0 Å². The van der Waals surface area contributed by atoms with Gasteiger partial charge >= 0.3 is 12.2 Å². The lowest BCUT2D eigenvalue weighted by molar-refractivity contribution is -0.141. The zero-order chi connectivity index (χ0) is 35.3. The van der Waals surface area contributed by atoms with Crippen molar-refractivity contribution in [2.24, 2.45) is 0 Å². The standard InChI is InChI=1S/C28H27ClF3N11O3.CH2O2/c29-20-11-17(1-2-18(20)25(44)40-7-9-41(10-8-40)26(45)37-16-27(46)14-34-15-27)38-23-24-36-12-21(43(24)6-4-35-23)19-13-42(5-3-33)39-22(19)28(30,31)32;2-1-3/h1-2,4,6,11-13,34,46H,5,7-10,14-16H2,(H,35,38)(H,37,45);1H,(H,2,3). The van der Waals surface area contributed by atoms with Crippen LogP contribution in [0.5, 0.6) is 0 Å². The van der Waals surface area contributed by atoms with Crippen molar-refractivity contribution in [2.45, 2.75) is 18.3 Å². The van der Waals surface area contributed by atoms with Gasteiger partial charge in [-0.2, -0.15) is 23.5 Å². The van der Waals surface area contributed by atoms with E-state index in [9.17, 15) is 27.9 Å². The molecule has 0 bridgehead atoms. The number of urea groups is 1. The lowest BCUT2D eigenvalue weighted by atomic mass is 9.98. The van der Waals surface area contributed by atoms with Crippen molar-refractivity contribution in [3.8, 4) is 17.3 Å². The molecule has 0 spiro atoms. The second-order valence-corrected chi connectivity index (χ2v) is 11.5. The third-order valence-corrected chi connectivity index (χ3v) is 8.07. The highest BCUT2D eigenvalue weighted by Crippen LogP contribution is 2.37. The first-order valence-corrected chi connectivity index (χ1v) is 15.0. The highest BCUT2D eigenvalue weighted by atomic mass is 35.5. The molecule has 258 valence electrons. The van der Waals surface area contributed by atoms with E-state index in [-0.39, 0.29) is 64.8 Å². The molecule has 2 aliphatic heterocycles. The SMILES string of the molecule is N#CCn1cc(-c2cnc3c(Nc4ccc(C(=O)N5CCN(C(=O)NCC6(O)CNC6)CC5)c(Cl)c4)nccn23)c(C(F)(F)F)n1.O=CO. The van der Waals surface area contributed by atoms with Crippen LogP contribution >= 0.6 is 11.6 Å². The maximum Gasteiger partial charge on any atom is 0.435 e. The molecule has 5 N–H and O–H groups in total. The number of nitrogens with zero attached hydrogens (tertiary/aromatic N) is 8. The average Bonchev–Trinajstić information content (AvgIpc) is 3.68.